The molecule has 0 amide bonds. The number of hydrogen-bond acceptors (Lipinski definition) is 3. The van der Waals surface area contributed by atoms with Gasteiger partial charge in [-0.2, -0.15) is 0 Å². The molecule has 1 aliphatic rings. The Labute approximate surface area is 70.1 Å². The van der Waals surface area contributed by atoms with Gasteiger partial charge in [0.25, 0.3) is 0 Å². The highest BCUT2D eigenvalue weighted by Gasteiger charge is 2.08. The number of carboxylic acids is 1. The van der Waals surface area contributed by atoms with E-state index in [9.17, 15) is 4.79 Å². The maximum atomic E-state index is 10.1. The number of carboxylic acid groups (broad SMARTS) is 1. The van der Waals surface area contributed by atoms with Crippen LogP contribution in [-0.2, 0) is 14.3 Å². The summed E-state index contributed by atoms with van der Waals surface area (Å²) in [5, 5.41) is 8.31. The maximum absolute atomic E-state index is 10.1. The van der Waals surface area contributed by atoms with Crippen molar-refractivity contribution in [3.05, 3.63) is 24.0 Å². The Morgan fingerprint density at radius 2 is 2.58 bits per heavy atom. The summed E-state index contributed by atoms with van der Waals surface area (Å²) in [5.41, 5.74) is 0. The fourth-order valence-electron chi connectivity index (χ4n) is 0.800. The van der Waals surface area contributed by atoms with Gasteiger partial charge in [-0.15, -0.1) is 0 Å². The normalized spacial score (nSPS) is 23.4. The molecule has 0 spiro atoms. The third kappa shape index (κ3) is 2.75. The van der Waals surface area contributed by atoms with Crippen molar-refractivity contribution in [2.45, 2.75) is 13.2 Å². The zero-order chi connectivity index (χ0) is 8.97. The van der Waals surface area contributed by atoms with Crippen molar-refractivity contribution in [1.82, 2.24) is 0 Å². The van der Waals surface area contributed by atoms with Gasteiger partial charge in [-0.3, -0.25) is 0 Å². The third-order valence-electron chi connectivity index (χ3n) is 1.31. The van der Waals surface area contributed by atoms with Crippen LogP contribution in [0.15, 0.2) is 24.0 Å². The van der Waals surface area contributed by atoms with Gasteiger partial charge in [0.2, 0.25) is 0 Å². The molecule has 0 radical (unpaired) electrons. The van der Waals surface area contributed by atoms with Crippen LogP contribution in [0.1, 0.15) is 6.92 Å². The van der Waals surface area contributed by atoms with Crippen LogP contribution in [0.2, 0.25) is 0 Å². The minimum Gasteiger partial charge on any atom is -0.478 e. The SMILES string of the molecule is CC1OCC=C(/C=C/C(=O)O)O1. The van der Waals surface area contributed by atoms with Crippen LogP contribution in [0.3, 0.4) is 0 Å². The van der Waals surface area contributed by atoms with Crippen LogP contribution >= 0.6 is 0 Å². The Morgan fingerprint density at radius 3 is 3.17 bits per heavy atom. The summed E-state index contributed by atoms with van der Waals surface area (Å²) in [6.07, 6.45) is 3.81. The van der Waals surface area contributed by atoms with Crippen molar-refractivity contribution in [3.8, 4) is 0 Å². The smallest absolute Gasteiger partial charge is 0.328 e. The van der Waals surface area contributed by atoms with Crippen LogP contribution in [0.25, 0.3) is 0 Å². The zero-order valence-electron chi connectivity index (χ0n) is 6.69. The molecule has 0 fully saturated rings. The first kappa shape index (κ1) is 8.80. The number of allylic oxidation sites excluding steroid dienone is 1. The largest absolute Gasteiger partial charge is 0.478 e. The molecule has 0 aromatic carbocycles. The van der Waals surface area contributed by atoms with E-state index in [2.05, 4.69) is 0 Å². The Morgan fingerprint density at radius 1 is 1.83 bits per heavy atom. The molecule has 12 heavy (non-hydrogen) atoms. The molecule has 1 rings (SSSR count). The van der Waals surface area contributed by atoms with E-state index in [-0.39, 0.29) is 6.29 Å². The van der Waals surface area contributed by atoms with Crippen LogP contribution in [-0.4, -0.2) is 24.0 Å². The molecular formula is C8H10O4. The minimum absolute atomic E-state index is 0.302. The van der Waals surface area contributed by atoms with E-state index in [1.165, 1.54) is 6.08 Å². The number of ether oxygens (including phenoxy) is 2. The van der Waals surface area contributed by atoms with Gasteiger partial charge in [0, 0.05) is 6.08 Å². The number of carbonyl (C=O) groups is 1. The highest BCUT2D eigenvalue weighted by Crippen LogP contribution is 2.10. The lowest BCUT2D eigenvalue weighted by Crippen LogP contribution is -2.17. The van der Waals surface area contributed by atoms with Gasteiger partial charge in [0.1, 0.15) is 5.76 Å². The van der Waals surface area contributed by atoms with Crippen molar-refractivity contribution in [1.29, 1.82) is 0 Å². The molecule has 0 bridgehead atoms. The van der Waals surface area contributed by atoms with Gasteiger partial charge in [0.05, 0.1) is 6.61 Å². The second-order valence-electron chi connectivity index (χ2n) is 2.30. The van der Waals surface area contributed by atoms with Crippen LogP contribution in [0, 0.1) is 0 Å². The summed E-state index contributed by atoms with van der Waals surface area (Å²) in [6.45, 7) is 2.21. The lowest BCUT2D eigenvalue weighted by atomic mass is 10.3. The third-order valence-corrected chi connectivity index (χ3v) is 1.31. The van der Waals surface area contributed by atoms with Gasteiger partial charge in [-0.1, -0.05) is 0 Å². The molecule has 1 N–H and O–H groups in total. The summed E-state index contributed by atoms with van der Waals surface area (Å²) in [7, 11) is 0. The van der Waals surface area contributed by atoms with Crippen LogP contribution in [0.4, 0.5) is 0 Å². The second-order valence-corrected chi connectivity index (χ2v) is 2.30. The maximum Gasteiger partial charge on any atom is 0.328 e. The molecule has 1 unspecified atom stereocenters. The fourth-order valence-corrected chi connectivity index (χ4v) is 0.800. The second kappa shape index (κ2) is 3.92. The molecule has 0 aromatic heterocycles. The van der Waals surface area contributed by atoms with Crippen molar-refractivity contribution in [2.24, 2.45) is 0 Å². The molecule has 0 aliphatic carbocycles. The van der Waals surface area contributed by atoms with E-state index in [0.29, 0.717) is 12.4 Å². The predicted molar refractivity (Wildman–Crippen MR) is 41.4 cm³/mol. The molecule has 0 saturated carbocycles. The minimum atomic E-state index is -0.987. The average molecular weight is 170 g/mol. The van der Waals surface area contributed by atoms with E-state index < -0.39 is 5.97 Å². The Balaban J connectivity index is 2.52. The zero-order valence-corrected chi connectivity index (χ0v) is 6.69. The standard InChI is InChI=1S/C8H10O4/c1-6-11-5-4-7(12-6)2-3-8(9)10/h2-4,6H,5H2,1H3,(H,9,10)/b3-2+. The van der Waals surface area contributed by atoms with Gasteiger partial charge >= 0.3 is 5.97 Å². The highest BCUT2D eigenvalue weighted by molar-refractivity contribution is 5.80. The van der Waals surface area contributed by atoms with Crippen molar-refractivity contribution in [2.75, 3.05) is 6.61 Å². The molecule has 4 heteroatoms. The van der Waals surface area contributed by atoms with E-state index in [4.69, 9.17) is 14.6 Å². The number of rotatable bonds is 2. The van der Waals surface area contributed by atoms with Crippen molar-refractivity contribution < 1.29 is 19.4 Å². The first-order chi connectivity index (χ1) is 5.68. The summed E-state index contributed by atoms with van der Waals surface area (Å²) in [4.78, 5) is 10.1. The summed E-state index contributed by atoms with van der Waals surface area (Å²) < 4.78 is 10.2. The first-order valence-electron chi connectivity index (χ1n) is 3.58. The average Bonchev–Trinajstić information content (AvgIpc) is 2.01. The molecule has 0 saturated heterocycles. The molecule has 1 atom stereocenters. The summed E-state index contributed by atoms with van der Waals surface area (Å²) >= 11 is 0. The number of aliphatic carboxylic acids is 1. The number of hydrogen-bond donors (Lipinski definition) is 1. The van der Waals surface area contributed by atoms with E-state index in [1.54, 1.807) is 13.0 Å². The summed E-state index contributed by atoms with van der Waals surface area (Å²) in [5.74, 6) is -0.449. The molecule has 1 heterocycles. The molecule has 4 nitrogen and oxygen atoms in total. The van der Waals surface area contributed by atoms with Gasteiger partial charge in [-0.05, 0) is 19.1 Å². The highest BCUT2D eigenvalue weighted by atomic mass is 16.7. The molecule has 1 aliphatic heterocycles. The van der Waals surface area contributed by atoms with E-state index in [1.807, 2.05) is 0 Å². The molecule has 66 valence electrons. The molecule has 0 aromatic rings. The Kier molecular flexibility index (Phi) is 2.88. The quantitative estimate of drug-likeness (QED) is 0.625. The monoisotopic (exact) mass is 170 g/mol. The van der Waals surface area contributed by atoms with Crippen molar-refractivity contribution in [3.63, 3.8) is 0 Å². The van der Waals surface area contributed by atoms with E-state index >= 15 is 0 Å². The lowest BCUT2D eigenvalue weighted by Gasteiger charge is -2.19. The molecular weight excluding hydrogens is 160 g/mol. The van der Waals surface area contributed by atoms with Crippen molar-refractivity contribution >= 4 is 5.97 Å². The van der Waals surface area contributed by atoms with Crippen LogP contribution < -0.4 is 0 Å². The van der Waals surface area contributed by atoms with Gasteiger partial charge in [0.15, 0.2) is 6.29 Å². The van der Waals surface area contributed by atoms with Gasteiger partial charge < -0.3 is 14.6 Å². The Bertz CT molecular complexity index is 229. The first-order valence-corrected chi connectivity index (χ1v) is 3.58. The summed E-state index contributed by atoms with van der Waals surface area (Å²) in [6, 6.07) is 0. The topological polar surface area (TPSA) is 55.8 Å². The fraction of sp³-hybridized carbons (Fsp3) is 0.375. The lowest BCUT2D eigenvalue weighted by molar-refractivity contribution is -0.131. The predicted octanol–water partition coefficient (Wildman–Crippen LogP) is 0.904. The van der Waals surface area contributed by atoms with Crippen LogP contribution in [0.5, 0.6) is 0 Å². The Hall–Kier alpha value is -1.29. The van der Waals surface area contributed by atoms with Gasteiger partial charge in [-0.25, -0.2) is 4.79 Å². The van der Waals surface area contributed by atoms with E-state index in [0.717, 1.165) is 6.08 Å².